The second kappa shape index (κ2) is 9.05. The smallest absolute Gasteiger partial charge is 0.321 e. The highest BCUT2D eigenvalue weighted by atomic mass is 16.5. The summed E-state index contributed by atoms with van der Waals surface area (Å²) in [5.41, 5.74) is 2.18. The average Bonchev–Trinajstić information content (AvgIpc) is 2.87. The summed E-state index contributed by atoms with van der Waals surface area (Å²) in [7, 11) is 1.60. The molecule has 0 saturated carbocycles. The molecule has 1 fully saturated rings. The van der Waals surface area contributed by atoms with Crippen molar-refractivity contribution in [2.75, 3.05) is 30.8 Å². The Labute approximate surface area is 197 Å². The van der Waals surface area contributed by atoms with Crippen molar-refractivity contribution in [1.82, 2.24) is 9.47 Å². The van der Waals surface area contributed by atoms with Gasteiger partial charge in [-0.25, -0.2) is 4.79 Å². The highest BCUT2D eigenvalue weighted by Crippen LogP contribution is 2.35. The van der Waals surface area contributed by atoms with Gasteiger partial charge in [-0.1, -0.05) is 18.2 Å². The number of nitrogens with one attached hydrogen (secondary N) is 2. The number of hydrogen-bond donors (Lipinski definition) is 2. The number of piperidine rings is 1. The van der Waals surface area contributed by atoms with Crippen molar-refractivity contribution in [3.63, 3.8) is 0 Å². The number of benzene rings is 2. The van der Waals surface area contributed by atoms with E-state index in [2.05, 4.69) is 10.6 Å². The number of aromatic nitrogens is 1. The Morgan fingerprint density at radius 3 is 2.41 bits per heavy atom. The SMILES string of the molecule is COc1ccc(NC(=O)N2C[C@H]3C[C@H](C2)c2ccc(NC(=O)c4ccccc4)c(=O)n2C3)cc1. The maximum atomic E-state index is 13.2. The molecular weight excluding hydrogens is 432 g/mol. The zero-order chi connectivity index (χ0) is 23.7. The molecule has 0 unspecified atom stereocenters. The normalized spacial score (nSPS) is 18.6. The second-order valence-electron chi connectivity index (χ2n) is 8.77. The first-order chi connectivity index (χ1) is 16.5. The molecule has 174 valence electrons. The van der Waals surface area contributed by atoms with Gasteiger partial charge in [0.25, 0.3) is 11.5 Å². The van der Waals surface area contributed by atoms with Gasteiger partial charge in [-0.2, -0.15) is 0 Å². The van der Waals surface area contributed by atoms with E-state index in [0.717, 1.165) is 17.9 Å². The van der Waals surface area contributed by atoms with Gasteiger partial charge < -0.3 is 24.8 Å². The summed E-state index contributed by atoms with van der Waals surface area (Å²) in [4.78, 5) is 40.4. The first kappa shape index (κ1) is 21.8. The molecule has 0 aliphatic carbocycles. The van der Waals surface area contributed by atoms with Gasteiger partial charge in [0.2, 0.25) is 0 Å². The molecule has 3 amide bonds. The van der Waals surface area contributed by atoms with Crippen molar-refractivity contribution >= 4 is 23.3 Å². The molecule has 8 heteroatoms. The minimum absolute atomic E-state index is 0.0701. The molecule has 2 aliphatic rings. The Bertz CT molecular complexity index is 1270. The fraction of sp³-hybridized carbons (Fsp3) is 0.269. The Balaban J connectivity index is 1.31. The van der Waals surface area contributed by atoms with Gasteiger partial charge in [-0.3, -0.25) is 9.59 Å². The Morgan fingerprint density at radius 1 is 0.912 bits per heavy atom. The Kier molecular flexibility index (Phi) is 5.79. The summed E-state index contributed by atoms with van der Waals surface area (Å²) in [6.45, 7) is 1.63. The van der Waals surface area contributed by atoms with Crippen LogP contribution < -0.4 is 20.9 Å². The van der Waals surface area contributed by atoms with E-state index in [4.69, 9.17) is 4.74 Å². The molecule has 1 saturated heterocycles. The lowest BCUT2D eigenvalue weighted by Gasteiger charge is -2.42. The lowest BCUT2D eigenvalue weighted by atomic mass is 9.83. The van der Waals surface area contributed by atoms with Gasteiger partial charge in [0.05, 0.1) is 7.11 Å². The number of fused-ring (bicyclic) bond motifs is 4. The maximum absolute atomic E-state index is 13.2. The van der Waals surface area contributed by atoms with Crippen molar-refractivity contribution in [3.05, 3.63) is 88.3 Å². The predicted octanol–water partition coefficient (Wildman–Crippen LogP) is 3.76. The molecule has 34 heavy (non-hydrogen) atoms. The number of anilines is 2. The number of hydrogen-bond acceptors (Lipinski definition) is 4. The highest BCUT2D eigenvalue weighted by Gasteiger charge is 2.36. The van der Waals surface area contributed by atoms with Crippen LogP contribution in [0, 0.1) is 5.92 Å². The van der Waals surface area contributed by atoms with E-state index < -0.39 is 0 Å². The van der Waals surface area contributed by atoms with Crippen LogP contribution in [0.4, 0.5) is 16.2 Å². The van der Waals surface area contributed by atoms with Crippen molar-refractivity contribution in [1.29, 1.82) is 0 Å². The van der Waals surface area contributed by atoms with Gasteiger partial charge in [0.15, 0.2) is 0 Å². The first-order valence-electron chi connectivity index (χ1n) is 11.3. The predicted molar refractivity (Wildman–Crippen MR) is 130 cm³/mol. The van der Waals surface area contributed by atoms with Crippen molar-refractivity contribution in [3.8, 4) is 5.75 Å². The van der Waals surface area contributed by atoms with Crippen LogP contribution in [0.25, 0.3) is 0 Å². The highest BCUT2D eigenvalue weighted by molar-refractivity contribution is 6.04. The van der Waals surface area contributed by atoms with Crippen LogP contribution >= 0.6 is 0 Å². The number of rotatable bonds is 4. The third-order valence-corrected chi connectivity index (χ3v) is 6.52. The summed E-state index contributed by atoms with van der Waals surface area (Å²) >= 11 is 0. The number of ether oxygens (including phenoxy) is 1. The van der Waals surface area contributed by atoms with Gasteiger partial charge in [0, 0.05) is 42.5 Å². The number of pyridine rings is 1. The molecule has 3 heterocycles. The number of urea groups is 1. The van der Waals surface area contributed by atoms with E-state index in [1.54, 1.807) is 54.1 Å². The molecule has 3 aromatic rings. The summed E-state index contributed by atoms with van der Waals surface area (Å²) < 4.78 is 6.92. The summed E-state index contributed by atoms with van der Waals surface area (Å²) in [6, 6.07) is 19.5. The molecule has 1 aromatic heterocycles. The van der Waals surface area contributed by atoms with E-state index >= 15 is 0 Å². The minimum Gasteiger partial charge on any atom is -0.497 e. The average molecular weight is 459 g/mol. The van der Waals surface area contributed by atoms with E-state index in [1.807, 2.05) is 29.2 Å². The summed E-state index contributed by atoms with van der Waals surface area (Å²) in [6.07, 6.45) is 0.932. The van der Waals surface area contributed by atoms with Crippen LogP contribution in [0.2, 0.25) is 0 Å². The maximum Gasteiger partial charge on any atom is 0.321 e. The lowest BCUT2D eigenvalue weighted by Crippen LogP contribution is -2.50. The quantitative estimate of drug-likeness (QED) is 0.623. The first-order valence-corrected chi connectivity index (χ1v) is 11.3. The molecule has 2 N–H and O–H groups in total. The van der Waals surface area contributed by atoms with E-state index in [9.17, 15) is 14.4 Å². The van der Waals surface area contributed by atoms with E-state index in [0.29, 0.717) is 30.9 Å². The zero-order valence-corrected chi connectivity index (χ0v) is 18.9. The molecule has 8 nitrogen and oxygen atoms in total. The van der Waals surface area contributed by atoms with Gasteiger partial charge in [-0.05, 0) is 60.9 Å². The molecule has 0 spiro atoms. The van der Waals surface area contributed by atoms with Crippen LogP contribution in [-0.2, 0) is 6.54 Å². The standard InChI is InChI=1S/C26H26N4O4/c1-34-21-9-7-20(8-10-21)27-26(33)29-14-17-13-19(16-29)23-12-11-22(25(32)30(23)15-17)28-24(31)18-5-3-2-4-6-18/h2-12,17,19H,13-16H2,1H3,(H,27,33)(H,28,31)/t17-,19-/m1/s1. The molecule has 2 bridgehead atoms. The molecule has 0 radical (unpaired) electrons. The summed E-state index contributed by atoms with van der Waals surface area (Å²) in [5, 5.41) is 5.70. The minimum atomic E-state index is -0.310. The topological polar surface area (TPSA) is 92.7 Å². The molecule has 5 rings (SSSR count). The lowest BCUT2D eigenvalue weighted by molar-refractivity contribution is 0.102. The fourth-order valence-electron chi connectivity index (χ4n) is 4.87. The number of likely N-dealkylation sites (tertiary alicyclic amines) is 1. The molecular formula is C26H26N4O4. The monoisotopic (exact) mass is 458 g/mol. The van der Waals surface area contributed by atoms with Gasteiger partial charge in [-0.15, -0.1) is 0 Å². The van der Waals surface area contributed by atoms with Gasteiger partial charge >= 0.3 is 6.03 Å². The third-order valence-electron chi connectivity index (χ3n) is 6.52. The van der Waals surface area contributed by atoms with E-state index in [-0.39, 0.29) is 35.0 Å². The van der Waals surface area contributed by atoms with Crippen molar-refractivity contribution in [2.45, 2.75) is 18.9 Å². The van der Waals surface area contributed by atoms with Crippen LogP contribution in [0.1, 0.15) is 28.4 Å². The zero-order valence-electron chi connectivity index (χ0n) is 18.9. The molecule has 2 aliphatic heterocycles. The van der Waals surface area contributed by atoms with Crippen LogP contribution in [0.3, 0.4) is 0 Å². The van der Waals surface area contributed by atoms with Crippen LogP contribution in [0.5, 0.6) is 5.75 Å². The van der Waals surface area contributed by atoms with Crippen molar-refractivity contribution in [2.24, 2.45) is 5.92 Å². The van der Waals surface area contributed by atoms with Crippen LogP contribution in [-0.4, -0.2) is 41.6 Å². The van der Waals surface area contributed by atoms with E-state index in [1.165, 1.54) is 0 Å². The number of methoxy groups -OCH3 is 1. The van der Waals surface area contributed by atoms with Crippen LogP contribution in [0.15, 0.2) is 71.5 Å². The Hall–Kier alpha value is -4.07. The second-order valence-corrected chi connectivity index (χ2v) is 8.77. The number of carbonyl (C=O) groups is 2. The fourth-order valence-corrected chi connectivity index (χ4v) is 4.87. The van der Waals surface area contributed by atoms with Crippen molar-refractivity contribution < 1.29 is 14.3 Å². The molecule has 2 aromatic carbocycles. The Morgan fingerprint density at radius 2 is 1.68 bits per heavy atom. The number of amides is 3. The number of carbonyl (C=O) groups excluding carboxylic acids is 2. The van der Waals surface area contributed by atoms with Gasteiger partial charge in [0.1, 0.15) is 11.4 Å². The molecule has 2 atom stereocenters. The summed E-state index contributed by atoms with van der Waals surface area (Å²) in [5.74, 6) is 0.661. The third kappa shape index (κ3) is 4.26. The number of nitrogens with zero attached hydrogens (tertiary/aromatic N) is 2. The largest absolute Gasteiger partial charge is 0.497 e.